The first-order chi connectivity index (χ1) is 14.0. The second kappa shape index (κ2) is 6.79. The van der Waals surface area contributed by atoms with Gasteiger partial charge in [0.25, 0.3) is 11.8 Å². The summed E-state index contributed by atoms with van der Waals surface area (Å²) in [5.74, 6) is -0.635. The van der Waals surface area contributed by atoms with Gasteiger partial charge in [-0.05, 0) is 31.5 Å². The Balaban J connectivity index is 1.77. The topological polar surface area (TPSA) is 46.2 Å². The second-order valence-electron chi connectivity index (χ2n) is 7.01. The molecule has 29 heavy (non-hydrogen) atoms. The predicted molar refractivity (Wildman–Crippen MR) is 121 cm³/mol. The third kappa shape index (κ3) is 2.85. The van der Waals surface area contributed by atoms with Gasteiger partial charge in [-0.15, -0.1) is 22.7 Å². The number of hydrogen-bond acceptors (Lipinski definition) is 4. The Kier molecular flexibility index (Phi) is 4.23. The number of thiophene rings is 2. The lowest BCUT2D eigenvalue weighted by Gasteiger charge is -2.05. The predicted octanol–water partition coefficient (Wildman–Crippen LogP) is 5.81. The number of fused-ring (bicyclic) bond motifs is 1. The van der Waals surface area contributed by atoms with Crippen molar-refractivity contribution in [2.24, 2.45) is 0 Å². The third-order valence-corrected chi connectivity index (χ3v) is 7.38. The molecular weight excluding hydrogens is 398 g/mol. The van der Waals surface area contributed by atoms with E-state index >= 15 is 0 Å². The Morgan fingerprint density at radius 2 is 1.45 bits per heavy atom. The summed E-state index contributed by atoms with van der Waals surface area (Å²) in [6, 6.07) is 20.2. The van der Waals surface area contributed by atoms with E-state index in [9.17, 15) is 9.59 Å². The molecule has 3 heterocycles. The summed E-state index contributed by atoms with van der Waals surface area (Å²) >= 11 is 3.29. The van der Waals surface area contributed by atoms with Crippen molar-refractivity contribution < 1.29 is 9.59 Å². The van der Waals surface area contributed by atoms with E-state index in [1.54, 1.807) is 22.7 Å². The van der Waals surface area contributed by atoms with Gasteiger partial charge in [0.05, 0.1) is 11.1 Å². The Morgan fingerprint density at radius 3 is 2.24 bits per heavy atom. The van der Waals surface area contributed by atoms with Gasteiger partial charge in [-0.25, -0.2) is 0 Å². The minimum absolute atomic E-state index is 0.316. The van der Waals surface area contributed by atoms with Crippen molar-refractivity contribution in [3.05, 3.63) is 81.5 Å². The van der Waals surface area contributed by atoms with Gasteiger partial charge >= 0.3 is 0 Å². The standard InChI is InChI=1S/C24H17NO2S2/c1-13-17(12-19(28-13)15-8-4-3-5-9-15)21-22(24(27)25-23(21)26)20-14(2)29-18-11-7-6-10-16(18)20/h3-12H,1-2H3,(H,25,26,27). The van der Waals surface area contributed by atoms with E-state index in [-0.39, 0.29) is 11.8 Å². The molecule has 0 atom stereocenters. The Morgan fingerprint density at radius 1 is 0.759 bits per heavy atom. The van der Waals surface area contributed by atoms with Crippen LogP contribution in [0.3, 0.4) is 0 Å². The lowest BCUT2D eigenvalue weighted by Crippen LogP contribution is -2.22. The fourth-order valence-electron chi connectivity index (χ4n) is 3.90. The van der Waals surface area contributed by atoms with Gasteiger partial charge in [-0.2, -0.15) is 0 Å². The number of imide groups is 1. The van der Waals surface area contributed by atoms with Gasteiger partial charge in [0.1, 0.15) is 0 Å². The SMILES string of the molecule is Cc1sc(-c2ccccc2)cc1C1=C(c2c(C)sc3ccccc23)C(=O)NC1=O. The van der Waals surface area contributed by atoms with Crippen LogP contribution in [-0.2, 0) is 9.59 Å². The largest absolute Gasteiger partial charge is 0.288 e. The minimum Gasteiger partial charge on any atom is -0.288 e. The summed E-state index contributed by atoms with van der Waals surface area (Å²) in [5.41, 5.74) is 3.79. The smallest absolute Gasteiger partial charge is 0.259 e. The summed E-state index contributed by atoms with van der Waals surface area (Å²) in [4.78, 5) is 28.9. The molecule has 2 amide bonds. The van der Waals surface area contributed by atoms with E-state index in [0.717, 1.165) is 41.4 Å². The third-order valence-electron chi connectivity index (χ3n) is 5.20. The zero-order chi connectivity index (χ0) is 20.1. The van der Waals surface area contributed by atoms with Gasteiger partial charge in [-0.1, -0.05) is 48.5 Å². The van der Waals surface area contributed by atoms with Gasteiger partial charge in [0, 0.05) is 35.8 Å². The molecule has 1 N–H and O–H groups in total. The Bertz CT molecular complexity index is 1330. The molecule has 5 rings (SSSR count). The molecule has 0 spiro atoms. The molecule has 1 aliphatic heterocycles. The van der Waals surface area contributed by atoms with E-state index in [4.69, 9.17) is 0 Å². The lowest BCUT2D eigenvalue weighted by molar-refractivity contribution is -0.122. The zero-order valence-corrected chi connectivity index (χ0v) is 17.5. The molecule has 1 aliphatic rings. The summed E-state index contributed by atoms with van der Waals surface area (Å²) in [7, 11) is 0. The molecule has 0 unspecified atom stereocenters. The second-order valence-corrected chi connectivity index (χ2v) is 9.52. The van der Waals surface area contributed by atoms with Crippen molar-refractivity contribution in [2.75, 3.05) is 0 Å². The molecule has 2 aromatic heterocycles. The van der Waals surface area contributed by atoms with Crippen LogP contribution in [-0.4, -0.2) is 11.8 Å². The molecule has 5 heteroatoms. The van der Waals surface area contributed by atoms with Crippen LogP contribution in [0, 0.1) is 13.8 Å². The van der Waals surface area contributed by atoms with Crippen LogP contribution < -0.4 is 5.32 Å². The van der Waals surface area contributed by atoms with Crippen LogP contribution >= 0.6 is 22.7 Å². The highest BCUT2D eigenvalue weighted by molar-refractivity contribution is 7.19. The number of amides is 2. The average molecular weight is 416 g/mol. The highest BCUT2D eigenvalue weighted by atomic mass is 32.1. The minimum atomic E-state index is -0.319. The molecule has 0 saturated heterocycles. The average Bonchev–Trinajstić information content (AvgIpc) is 3.34. The van der Waals surface area contributed by atoms with Crippen LogP contribution in [0.1, 0.15) is 20.9 Å². The lowest BCUT2D eigenvalue weighted by atomic mass is 9.94. The molecule has 142 valence electrons. The van der Waals surface area contributed by atoms with Gasteiger partial charge in [0.2, 0.25) is 0 Å². The van der Waals surface area contributed by atoms with Gasteiger partial charge < -0.3 is 0 Å². The zero-order valence-electron chi connectivity index (χ0n) is 15.9. The number of carbonyl (C=O) groups is 2. The van der Waals surface area contributed by atoms with Gasteiger partial charge in [0.15, 0.2) is 0 Å². The fraction of sp³-hybridized carbons (Fsp3) is 0.0833. The molecule has 0 aliphatic carbocycles. The number of benzene rings is 2. The number of carbonyl (C=O) groups excluding carboxylic acids is 2. The van der Waals surface area contributed by atoms with E-state index in [1.807, 2.05) is 56.3 Å². The highest BCUT2D eigenvalue weighted by Crippen LogP contribution is 2.43. The summed E-state index contributed by atoms with van der Waals surface area (Å²) < 4.78 is 1.12. The van der Waals surface area contributed by atoms with Crippen LogP contribution in [0.2, 0.25) is 0 Å². The molecule has 0 radical (unpaired) electrons. The summed E-state index contributed by atoms with van der Waals surface area (Å²) in [6.45, 7) is 4.02. The quantitative estimate of drug-likeness (QED) is 0.429. The number of aryl methyl sites for hydroxylation is 2. The van der Waals surface area contributed by atoms with Crippen LogP contribution in [0.25, 0.3) is 31.7 Å². The van der Waals surface area contributed by atoms with Crippen molar-refractivity contribution in [1.82, 2.24) is 5.32 Å². The van der Waals surface area contributed by atoms with E-state index < -0.39 is 0 Å². The van der Waals surface area contributed by atoms with Crippen molar-refractivity contribution in [3.63, 3.8) is 0 Å². The first-order valence-corrected chi connectivity index (χ1v) is 10.9. The maximum atomic E-state index is 12.9. The first kappa shape index (κ1) is 18.0. The molecule has 0 saturated carbocycles. The monoisotopic (exact) mass is 415 g/mol. The fourth-order valence-corrected chi connectivity index (χ4v) is 6.01. The van der Waals surface area contributed by atoms with E-state index in [2.05, 4.69) is 23.5 Å². The molecule has 4 aromatic rings. The van der Waals surface area contributed by atoms with Crippen molar-refractivity contribution in [2.45, 2.75) is 13.8 Å². The maximum Gasteiger partial charge on any atom is 0.259 e. The number of nitrogens with one attached hydrogen (secondary N) is 1. The van der Waals surface area contributed by atoms with Crippen molar-refractivity contribution >= 4 is 55.7 Å². The Hall–Kier alpha value is -3.02. The van der Waals surface area contributed by atoms with Crippen molar-refractivity contribution in [3.8, 4) is 10.4 Å². The Labute approximate surface area is 176 Å². The number of hydrogen-bond donors (Lipinski definition) is 1. The summed E-state index contributed by atoms with van der Waals surface area (Å²) in [5, 5.41) is 3.55. The summed E-state index contributed by atoms with van der Waals surface area (Å²) in [6.07, 6.45) is 0. The number of rotatable bonds is 3. The molecule has 2 aromatic carbocycles. The molecule has 3 nitrogen and oxygen atoms in total. The van der Waals surface area contributed by atoms with Crippen LogP contribution in [0.4, 0.5) is 0 Å². The van der Waals surface area contributed by atoms with Gasteiger partial charge in [-0.3, -0.25) is 14.9 Å². The van der Waals surface area contributed by atoms with Crippen LogP contribution in [0.15, 0.2) is 60.7 Å². The van der Waals surface area contributed by atoms with E-state index in [1.165, 1.54) is 0 Å². The van der Waals surface area contributed by atoms with Crippen molar-refractivity contribution in [1.29, 1.82) is 0 Å². The first-order valence-electron chi connectivity index (χ1n) is 9.29. The molecular formula is C24H17NO2S2. The molecule has 0 bridgehead atoms. The normalized spacial score (nSPS) is 14.1. The highest BCUT2D eigenvalue weighted by Gasteiger charge is 2.35. The van der Waals surface area contributed by atoms with E-state index in [0.29, 0.717) is 11.1 Å². The maximum absolute atomic E-state index is 12.9. The molecule has 0 fully saturated rings. The van der Waals surface area contributed by atoms with Crippen LogP contribution in [0.5, 0.6) is 0 Å².